The van der Waals surface area contributed by atoms with Gasteiger partial charge in [-0.1, -0.05) is 13.0 Å². The Morgan fingerprint density at radius 1 is 1.21 bits per heavy atom. The zero-order valence-electron chi connectivity index (χ0n) is 14.5. The summed E-state index contributed by atoms with van der Waals surface area (Å²) in [5.41, 5.74) is -0.586. The Morgan fingerprint density at radius 3 is 2.54 bits per heavy atom. The summed E-state index contributed by atoms with van der Waals surface area (Å²) in [7, 11) is 0. The van der Waals surface area contributed by atoms with Crippen molar-refractivity contribution >= 4 is 17.2 Å². The first kappa shape index (κ1) is 19.9. The number of halogens is 4. The lowest BCUT2D eigenvalue weighted by molar-refractivity contribution is -0.137. The minimum absolute atomic E-state index is 0.0458. The van der Waals surface area contributed by atoms with Crippen molar-refractivity contribution in [1.82, 2.24) is 20.3 Å². The topological polar surface area (TPSA) is 67.8 Å². The lowest BCUT2D eigenvalue weighted by atomic mass is 10.1. The Labute approximate surface area is 161 Å². The molecule has 1 aromatic carbocycles. The molecule has 5 nitrogen and oxygen atoms in total. The number of nitrogens with one attached hydrogen (secondary N) is 1. The van der Waals surface area contributed by atoms with Gasteiger partial charge in [-0.05, 0) is 24.6 Å². The van der Waals surface area contributed by atoms with Gasteiger partial charge in [-0.3, -0.25) is 4.79 Å². The van der Waals surface area contributed by atoms with E-state index >= 15 is 0 Å². The van der Waals surface area contributed by atoms with Gasteiger partial charge in [-0.15, -0.1) is 11.3 Å². The van der Waals surface area contributed by atoms with E-state index in [1.54, 1.807) is 18.5 Å². The number of amides is 1. The summed E-state index contributed by atoms with van der Waals surface area (Å²) in [6.45, 7) is 1.58. The van der Waals surface area contributed by atoms with Crippen LogP contribution < -0.4 is 5.32 Å². The van der Waals surface area contributed by atoms with Crippen LogP contribution in [0.5, 0.6) is 0 Å². The van der Waals surface area contributed by atoms with Gasteiger partial charge in [0.25, 0.3) is 5.91 Å². The maximum atomic E-state index is 13.9. The number of carbonyl (C=O) groups is 1. The molecular weight excluding hydrogens is 396 g/mol. The first-order valence-corrected chi connectivity index (χ1v) is 9.02. The maximum Gasteiger partial charge on any atom is 0.416 e. The van der Waals surface area contributed by atoms with Crippen LogP contribution in [0.3, 0.4) is 0 Å². The molecule has 3 aromatic rings. The fourth-order valence-corrected chi connectivity index (χ4v) is 3.42. The van der Waals surface area contributed by atoms with Gasteiger partial charge in [0.1, 0.15) is 10.7 Å². The molecule has 2 heterocycles. The SMILES string of the molecule is CCc1nc(-c2ncccn2)sc1C(=O)NCc1ccc(C(F)(F)F)cc1F. The lowest BCUT2D eigenvalue weighted by Crippen LogP contribution is -2.23. The van der Waals surface area contributed by atoms with Crippen molar-refractivity contribution in [2.24, 2.45) is 0 Å². The number of thiazole rings is 1. The normalized spacial score (nSPS) is 11.5. The monoisotopic (exact) mass is 410 g/mol. The van der Waals surface area contributed by atoms with E-state index in [9.17, 15) is 22.4 Å². The molecule has 0 unspecified atom stereocenters. The molecule has 0 radical (unpaired) electrons. The molecule has 0 fully saturated rings. The van der Waals surface area contributed by atoms with Crippen LogP contribution in [0.25, 0.3) is 10.8 Å². The molecular formula is C18H14F4N4OS. The average Bonchev–Trinajstić information content (AvgIpc) is 3.11. The lowest BCUT2D eigenvalue weighted by Gasteiger charge is -2.10. The predicted molar refractivity (Wildman–Crippen MR) is 95.1 cm³/mol. The molecule has 0 saturated carbocycles. The van der Waals surface area contributed by atoms with Gasteiger partial charge in [0.15, 0.2) is 10.8 Å². The summed E-state index contributed by atoms with van der Waals surface area (Å²) in [5.74, 6) is -1.14. The first-order chi connectivity index (χ1) is 13.3. The summed E-state index contributed by atoms with van der Waals surface area (Å²) < 4.78 is 51.8. The van der Waals surface area contributed by atoms with Crippen LogP contribution in [0, 0.1) is 5.82 Å². The molecule has 10 heteroatoms. The van der Waals surface area contributed by atoms with E-state index in [1.165, 1.54) is 0 Å². The Morgan fingerprint density at radius 2 is 1.93 bits per heavy atom. The van der Waals surface area contributed by atoms with Crippen molar-refractivity contribution in [3.8, 4) is 10.8 Å². The zero-order valence-corrected chi connectivity index (χ0v) is 15.4. The first-order valence-electron chi connectivity index (χ1n) is 8.20. The van der Waals surface area contributed by atoms with Crippen LogP contribution in [0.1, 0.15) is 33.4 Å². The number of aromatic nitrogens is 3. The Bertz CT molecular complexity index is 989. The molecule has 1 N–H and O–H groups in total. The van der Waals surface area contributed by atoms with E-state index in [4.69, 9.17) is 0 Å². The Hall–Kier alpha value is -2.88. The van der Waals surface area contributed by atoms with Gasteiger partial charge in [-0.2, -0.15) is 13.2 Å². The van der Waals surface area contributed by atoms with Gasteiger partial charge >= 0.3 is 6.18 Å². The second kappa shape index (κ2) is 8.01. The summed E-state index contributed by atoms with van der Waals surface area (Å²) in [6, 6.07) is 3.86. The highest BCUT2D eigenvalue weighted by Gasteiger charge is 2.31. The third-order valence-corrected chi connectivity index (χ3v) is 4.91. The van der Waals surface area contributed by atoms with Gasteiger partial charge in [0, 0.05) is 24.5 Å². The highest BCUT2D eigenvalue weighted by molar-refractivity contribution is 7.17. The molecule has 0 aliphatic rings. The van der Waals surface area contributed by atoms with Crippen molar-refractivity contribution in [2.45, 2.75) is 26.1 Å². The molecule has 0 bridgehead atoms. The quantitative estimate of drug-likeness (QED) is 0.639. The Balaban J connectivity index is 1.76. The molecule has 0 aliphatic carbocycles. The smallest absolute Gasteiger partial charge is 0.347 e. The van der Waals surface area contributed by atoms with E-state index in [0.717, 1.165) is 23.5 Å². The van der Waals surface area contributed by atoms with Crippen LogP contribution in [-0.4, -0.2) is 20.9 Å². The highest BCUT2D eigenvalue weighted by atomic mass is 32.1. The fourth-order valence-electron chi connectivity index (χ4n) is 2.40. The minimum Gasteiger partial charge on any atom is -0.347 e. The molecule has 146 valence electrons. The van der Waals surface area contributed by atoms with E-state index < -0.39 is 23.5 Å². The van der Waals surface area contributed by atoms with Gasteiger partial charge in [-0.25, -0.2) is 19.3 Å². The third-order valence-electron chi connectivity index (χ3n) is 3.82. The number of alkyl halides is 3. The molecule has 1 amide bonds. The molecule has 0 spiro atoms. The molecule has 0 atom stereocenters. The number of hydrogen-bond acceptors (Lipinski definition) is 5. The summed E-state index contributed by atoms with van der Waals surface area (Å²) in [6.07, 6.45) is -1.02. The second-order valence-electron chi connectivity index (χ2n) is 5.71. The molecule has 0 saturated heterocycles. The number of rotatable bonds is 5. The molecule has 3 rings (SSSR count). The van der Waals surface area contributed by atoms with Gasteiger partial charge in [0.05, 0.1) is 11.3 Å². The molecule has 0 aliphatic heterocycles. The van der Waals surface area contributed by atoms with Crippen molar-refractivity contribution in [3.63, 3.8) is 0 Å². The Kier molecular flexibility index (Phi) is 5.68. The number of carbonyl (C=O) groups excluding carboxylic acids is 1. The van der Waals surface area contributed by atoms with Crippen molar-refractivity contribution in [2.75, 3.05) is 0 Å². The second-order valence-corrected chi connectivity index (χ2v) is 6.71. The average molecular weight is 410 g/mol. The summed E-state index contributed by atoms with van der Waals surface area (Å²) in [5, 5.41) is 3.00. The number of aryl methyl sites for hydroxylation is 1. The summed E-state index contributed by atoms with van der Waals surface area (Å²) >= 11 is 1.10. The van der Waals surface area contributed by atoms with Crippen LogP contribution >= 0.6 is 11.3 Å². The van der Waals surface area contributed by atoms with Crippen LogP contribution in [-0.2, 0) is 19.1 Å². The van der Waals surface area contributed by atoms with Crippen molar-refractivity contribution in [1.29, 1.82) is 0 Å². The largest absolute Gasteiger partial charge is 0.416 e. The third kappa shape index (κ3) is 4.33. The standard InChI is InChI=1S/C18H14F4N4OS/c1-2-13-14(28-17(26-13)15-23-6-3-7-24-15)16(27)25-9-10-4-5-11(8-12(10)19)18(20,21)22/h3-8H,2,9H2,1H3,(H,25,27). The maximum absolute atomic E-state index is 13.9. The zero-order chi connectivity index (χ0) is 20.3. The van der Waals surface area contributed by atoms with E-state index in [2.05, 4.69) is 20.3 Å². The number of nitrogens with zero attached hydrogens (tertiary/aromatic N) is 3. The van der Waals surface area contributed by atoms with E-state index in [0.29, 0.717) is 33.9 Å². The van der Waals surface area contributed by atoms with Crippen molar-refractivity contribution in [3.05, 3.63) is 64.2 Å². The summed E-state index contributed by atoms with van der Waals surface area (Å²) in [4.78, 5) is 25.4. The molecule has 28 heavy (non-hydrogen) atoms. The molecule has 2 aromatic heterocycles. The highest BCUT2D eigenvalue weighted by Crippen LogP contribution is 2.30. The number of hydrogen-bond donors (Lipinski definition) is 1. The minimum atomic E-state index is -4.63. The van der Waals surface area contributed by atoms with E-state index in [-0.39, 0.29) is 12.1 Å². The fraction of sp³-hybridized carbons (Fsp3) is 0.222. The van der Waals surface area contributed by atoms with Gasteiger partial charge in [0.2, 0.25) is 0 Å². The van der Waals surface area contributed by atoms with Crippen LogP contribution in [0.15, 0.2) is 36.7 Å². The predicted octanol–water partition coefficient (Wildman–Crippen LogP) is 4.25. The van der Waals surface area contributed by atoms with Crippen LogP contribution in [0.2, 0.25) is 0 Å². The number of benzene rings is 1. The van der Waals surface area contributed by atoms with E-state index in [1.807, 2.05) is 6.92 Å². The van der Waals surface area contributed by atoms with Gasteiger partial charge < -0.3 is 5.32 Å². The van der Waals surface area contributed by atoms with Crippen molar-refractivity contribution < 1.29 is 22.4 Å². The van der Waals surface area contributed by atoms with Crippen LogP contribution in [0.4, 0.5) is 17.6 Å².